The number of rotatable bonds is 4. The van der Waals surface area contributed by atoms with Crippen LogP contribution < -0.4 is 15.6 Å². The fourth-order valence-corrected chi connectivity index (χ4v) is 2.38. The first-order chi connectivity index (χ1) is 14.2. The quantitative estimate of drug-likeness (QED) is 0.563. The van der Waals surface area contributed by atoms with Gasteiger partial charge in [-0.05, 0) is 54.6 Å². The molecule has 3 rings (SSSR count). The molecular formula is C20H14F3N3O4. The van der Waals surface area contributed by atoms with Crippen molar-refractivity contribution in [3.63, 3.8) is 0 Å². The molecule has 0 radical (unpaired) electrons. The number of nitrogens with zero attached hydrogens (tertiary/aromatic N) is 1. The average molecular weight is 417 g/mol. The number of carbonyl (C=O) groups excluding carboxylic acids is 2. The lowest BCUT2D eigenvalue weighted by Gasteiger charge is -2.12. The van der Waals surface area contributed by atoms with Crippen molar-refractivity contribution in [3.8, 4) is 17.2 Å². The lowest BCUT2D eigenvalue weighted by atomic mass is 10.1. The van der Waals surface area contributed by atoms with Gasteiger partial charge in [-0.3, -0.25) is 25.4 Å². The van der Waals surface area contributed by atoms with Gasteiger partial charge in [-0.2, -0.15) is 13.2 Å². The summed E-state index contributed by atoms with van der Waals surface area (Å²) in [7, 11) is 0. The van der Waals surface area contributed by atoms with Crippen molar-refractivity contribution in [3.05, 3.63) is 83.7 Å². The van der Waals surface area contributed by atoms with E-state index in [-0.39, 0.29) is 11.1 Å². The van der Waals surface area contributed by atoms with E-state index in [1.807, 2.05) is 5.43 Å². The zero-order valence-electron chi connectivity index (χ0n) is 15.1. The third-order valence-corrected chi connectivity index (χ3v) is 3.84. The summed E-state index contributed by atoms with van der Waals surface area (Å²) in [5.41, 5.74) is 2.56. The number of carbonyl (C=O) groups is 2. The number of ether oxygens (including phenoxy) is 1. The highest BCUT2D eigenvalue weighted by atomic mass is 19.4. The molecule has 3 aromatic rings. The first-order valence-electron chi connectivity index (χ1n) is 8.43. The molecule has 154 valence electrons. The first-order valence-corrected chi connectivity index (χ1v) is 8.43. The number of benzene rings is 2. The van der Waals surface area contributed by atoms with Crippen molar-refractivity contribution in [1.29, 1.82) is 0 Å². The van der Waals surface area contributed by atoms with E-state index in [0.29, 0.717) is 17.6 Å². The van der Waals surface area contributed by atoms with Gasteiger partial charge < -0.3 is 9.84 Å². The zero-order chi connectivity index (χ0) is 21.7. The molecule has 1 aromatic heterocycles. The molecule has 3 N–H and O–H groups in total. The number of phenolic OH excluding ortho intramolecular Hbond substituents is 1. The molecule has 0 saturated heterocycles. The van der Waals surface area contributed by atoms with Gasteiger partial charge in [0, 0.05) is 17.3 Å². The van der Waals surface area contributed by atoms with Crippen LogP contribution >= 0.6 is 0 Å². The maximum Gasteiger partial charge on any atom is 0.419 e. The topological polar surface area (TPSA) is 101 Å². The van der Waals surface area contributed by atoms with E-state index in [9.17, 15) is 27.9 Å². The van der Waals surface area contributed by atoms with Crippen LogP contribution in [0.3, 0.4) is 0 Å². The normalized spacial score (nSPS) is 10.9. The Bertz CT molecular complexity index is 1060. The first kappa shape index (κ1) is 20.6. The third kappa shape index (κ3) is 5.04. The van der Waals surface area contributed by atoms with Gasteiger partial charge in [-0.15, -0.1) is 0 Å². The average Bonchev–Trinajstić information content (AvgIpc) is 2.72. The number of hydrogen-bond donors (Lipinski definition) is 3. The van der Waals surface area contributed by atoms with Crippen LogP contribution in [0.1, 0.15) is 26.3 Å². The SMILES string of the molecule is O=C(NNC(=O)c1ccc(O)c(C(F)(F)F)c1)c1ccc(Oc2cccnc2)cc1. The van der Waals surface area contributed by atoms with E-state index in [4.69, 9.17) is 4.74 Å². The summed E-state index contributed by atoms with van der Waals surface area (Å²) < 4.78 is 44.0. The van der Waals surface area contributed by atoms with E-state index in [1.54, 1.807) is 18.3 Å². The number of pyridine rings is 1. The summed E-state index contributed by atoms with van der Waals surface area (Å²) in [5.74, 6) is -1.71. The van der Waals surface area contributed by atoms with Crippen LogP contribution in [0.2, 0.25) is 0 Å². The van der Waals surface area contributed by atoms with Crippen LogP contribution in [0.5, 0.6) is 17.2 Å². The van der Waals surface area contributed by atoms with E-state index >= 15 is 0 Å². The van der Waals surface area contributed by atoms with Gasteiger partial charge in [0.05, 0.1) is 11.8 Å². The molecule has 30 heavy (non-hydrogen) atoms. The molecule has 1 heterocycles. The van der Waals surface area contributed by atoms with Gasteiger partial charge in [-0.25, -0.2) is 0 Å². The van der Waals surface area contributed by atoms with Crippen LogP contribution in [0.15, 0.2) is 67.0 Å². The Morgan fingerprint density at radius 2 is 1.53 bits per heavy atom. The second-order valence-electron chi connectivity index (χ2n) is 5.95. The second kappa shape index (κ2) is 8.52. The summed E-state index contributed by atoms with van der Waals surface area (Å²) in [6.07, 6.45) is -1.72. The lowest BCUT2D eigenvalue weighted by Crippen LogP contribution is -2.41. The number of phenols is 1. The summed E-state index contributed by atoms with van der Waals surface area (Å²) in [6, 6.07) is 11.6. The van der Waals surface area contributed by atoms with Gasteiger partial charge in [0.15, 0.2) is 0 Å². The Balaban J connectivity index is 1.61. The Morgan fingerprint density at radius 1 is 0.900 bits per heavy atom. The van der Waals surface area contributed by atoms with Crippen LogP contribution in [-0.2, 0) is 6.18 Å². The van der Waals surface area contributed by atoms with E-state index in [2.05, 4.69) is 10.4 Å². The van der Waals surface area contributed by atoms with Crippen molar-refractivity contribution in [2.75, 3.05) is 0 Å². The molecule has 10 heteroatoms. The Kier molecular flexibility index (Phi) is 5.86. The Hall–Kier alpha value is -4.08. The van der Waals surface area contributed by atoms with Gasteiger partial charge >= 0.3 is 6.18 Å². The standard InChI is InChI=1S/C20H14F3N3O4/c21-20(22,23)16-10-13(5-8-17(16)27)19(29)26-25-18(28)12-3-6-14(7-4-12)30-15-2-1-9-24-11-15/h1-11,27H,(H,25,28)(H,26,29). The smallest absolute Gasteiger partial charge is 0.419 e. The molecule has 2 amide bonds. The highest BCUT2D eigenvalue weighted by Crippen LogP contribution is 2.36. The molecule has 0 bridgehead atoms. The van der Waals surface area contributed by atoms with Crippen molar-refractivity contribution in [2.24, 2.45) is 0 Å². The molecule has 0 spiro atoms. The highest BCUT2D eigenvalue weighted by molar-refractivity contribution is 5.99. The predicted octanol–water partition coefficient (Wildman–Crippen LogP) is 3.67. The summed E-state index contributed by atoms with van der Waals surface area (Å²) in [6.45, 7) is 0. The van der Waals surface area contributed by atoms with Crippen molar-refractivity contribution >= 4 is 11.8 Å². The molecule has 0 saturated carbocycles. The number of aromatic nitrogens is 1. The number of halogens is 3. The Labute approximate surface area is 168 Å². The van der Waals surface area contributed by atoms with Crippen molar-refractivity contribution in [1.82, 2.24) is 15.8 Å². The molecule has 0 atom stereocenters. The number of amides is 2. The molecule has 0 aliphatic heterocycles. The summed E-state index contributed by atoms with van der Waals surface area (Å²) >= 11 is 0. The monoisotopic (exact) mass is 417 g/mol. The minimum absolute atomic E-state index is 0.176. The molecule has 7 nitrogen and oxygen atoms in total. The predicted molar refractivity (Wildman–Crippen MR) is 98.8 cm³/mol. The number of aromatic hydroxyl groups is 1. The van der Waals surface area contributed by atoms with Gasteiger partial charge in [0.1, 0.15) is 17.2 Å². The molecule has 0 fully saturated rings. The summed E-state index contributed by atoms with van der Waals surface area (Å²) in [4.78, 5) is 28.1. The number of nitrogens with one attached hydrogen (secondary N) is 2. The fraction of sp³-hybridized carbons (Fsp3) is 0.0500. The zero-order valence-corrected chi connectivity index (χ0v) is 15.1. The number of alkyl halides is 3. The van der Waals surface area contributed by atoms with Crippen LogP contribution in [0.25, 0.3) is 0 Å². The highest BCUT2D eigenvalue weighted by Gasteiger charge is 2.34. The third-order valence-electron chi connectivity index (χ3n) is 3.84. The van der Waals surface area contributed by atoms with Gasteiger partial charge in [-0.1, -0.05) is 0 Å². The largest absolute Gasteiger partial charge is 0.507 e. The molecular weight excluding hydrogens is 403 g/mol. The van der Waals surface area contributed by atoms with Crippen molar-refractivity contribution < 1.29 is 32.6 Å². The second-order valence-corrected chi connectivity index (χ2v) is 5.95. The summed E-state index contributed by atoms with van der Waals surface area (Å²) in [5, 5.41) is 9.30. The van der Waals surface area contributed by atoms with Crippen LogP contribution in [0.4, 0.5) is 13.2 Å². The minimum Gasteiger partial charge on any atom is -0.507 e. The van der Waals surface area contributed by atoms with Crippen molar-refractivity contribution in [2.45, 2.75) is 6.18 Å². The number of hydrazine groups is 1. The van der Waals surface area contributed by atoms with Crippen LogP contribution in [0, 0.1) is 0 Å². The van der Waals surface area contributed by atoms with E-state index in [1.165, 1.54) is 30.5 Å². The Morgan fingerprint density at radius 3 is 2.13 bits per heavy atom. The maximum atomic E-state index is 12.8. The van der Waals surface area contributed by atoms with Crippen LogP contribution in [-0.4, -0.2) is 21.9 Å². The van der Waals surface area contributed by atoms with Gasteiger partial charge in [0.2, 0.25) is 0 Å². The molecule has 0 aliphatic rings. The minimum atomic E-state index is -4.83. The lowest BCUT2D eigenvalue weighted by molar-refractivity contribution is -0.138. The number of hydrogen-bond acceptors (Lipinski definition) is 5. The molecule has 0 aliphatic carbocycles. The van der Waals surface area contributed by atoms with E-state index in [0.717, 1.165) is 12.1 Å². The molecule has 0 unspecified atom stereocenters. The fourth-order valence-electron chi connectivity index (χ4n) is 2.38. The van der Waals surface area contributed by atoms with E-state index < -0.39 is 29.3 Å². The maximum absolute atomic E-state index is 12.8. The molecule has 2 aromatic carbocycles. The van der Waals surface area contributed by atoms with Gasteiger partial charge in [0.25, 0.3) is 11.8 Å².